The Kier molecular flexibility index (Phi) is 8.52. The fourth-order valence-corrected chi connectivity index (χ4v) is 3.65. The summed E-state index contributed by atoms with van der Waals surface area (Å²) in [6.07, 6.45) is 5.01. The third-order valence-electron chi connectivity index (χ3n) is 5.20. The van der Waals surface area contributed by atoms with Crippen LogP contribution in [0.2, 0.25) is 0 Å². The third-order valence-corrected chi connectivity index (χ3v) is 5.20. The Bertz CT molecular complexity index is 442. The number of unbranched alkanes of at least 4 members (excludes halogenated alkanes) is 3. The van der Waals surface area contributed by atoms with E-state index in [0.29, 0.717) is 19.6 Å². The van der Waals surface area contributed by atoms with Crippen LogP contribution in [-0.2, 0) is 19.0 Å². The molecule has 26 heavy (non-hydrogen) atoms. The molecular weight excluding hydrogens is 332 g/mol. The molecule has 0 radical (unpaired) electrons. The molecule has 3 atom stereocenters. The van der Waals surface area contributed by atoms with Crippen molar-refractivity contribution in [2.24, 2.45) is 16.9 Å². The summed E-state index contributed by atoms with van der Waals surface area (Å²) < 4.78 is 16.7. The lowest BCUT2D eigenvalue weighted by atomic mass is 9.66. The van der Waals surface area contributed by atoms with E-state index in [1.807, 2.05) is 41.5 Å². The standard InChI is InChI=1S/C20H40N2O4/c1-7-24-16-15(26-16)20(19(5,6)22,17(23)25-8-2)14-12-10-9-11-13-18(3,4)21/h15-16H,7-14,21-22H2,1-6H3. The van der Waals surface area contributed by atoms with Crippen LogP contribution < -0.4 is 11.5 Å². The molecule has 1 rings (SSSR count). The molecule has 1 heterocycles. The van der Waals surface area contributed by atoms with Crippen molar-refractivity contribution in [2.75, 3.05) is 13.2 Å². The Labute approximate surface area is 159 Å². The van der Waals surface area contributed by atoms with E-state index in [1.165, 1.54) is 0 Å². The van der Waals surface area contributed by atoms with Crippen LogP contribution in [-0.4, -0.2) is 42.7 Å². The number of carbonyl (C=O) groups excluding carboxylic acids is 1. The monoisotopic (exact) mass is 372 g/mol. The van der Waals surface area contributed by atoms with Gasteiger partial charge in [0.05, 0.1) is 6.61 Å². The number of ether oxygens (including phenoxy) is 3. The highest BCUT2D eigenvalue weighted by Crippen LogP contribution is 2.50. The highest BCUT2D eigenvalue weighted by atomic mass is 16.8. The lowest BCUT2D eigenvalue weighted by Gasteiger charge is -2.41. The van der Waals surface area contributed by atoms with Gasteiger partial charge in [-0.15, -0.1) is 0 Å². The maximum atomic E-state index is 12.9. The van der Waals surface area contributed by atoms with Gasteiger partial charge in [0.2, 0.25) is 0 Å². The van der Waals surface area contributed by atoms with Crippen molar-refractivity contribution in [3.63, 3.8) is 0 Å². The molecule has 0 aromatic carbocycles. The van der Waals surface area contributed by atoms with E-state index in [1.54, 1.807) is 0 Å². The summed E-state index contributed by atoms with van der Waals surface area (Å²) in [5, 5.41) is 0. The quantitative estimate of drug-likeness (QED) is 0.293. The Morgan fingerprint density at radius 3 is 2.00 bits per heavy atom. The first-order chi connectivity index (χ1) is 12.0. The first-order valence-corrected chi connectivity index (χ1v) is 10.0. The highest BCUT2D eigenvalue weighted by molar-refractivity contribution is 5.80. The van der Waals surface area contributed by atoms with Gasteiger partial charge in [-0.25, -0.2) is 0 Å². The number of esters is 1. The van der Waals surface area contributed by atoms with Gasteiger partial charge in [-0.3, -0.25) is 4.79 Å². The van der Waals surface area contributed by atoms with Gasteiger partial charge in [0.25, 0.3) is 0 Å². The Hall–Kier alpha value is -0.690. The number of rotatable bonds is 13. The van der Waals surface area contributed by atoms with Crippen LogP contribution in [0.15, 0.2) is 0 Å². The average Bonchev–Trinajstić information content (AvgIpc) is 3.24. The van der Waals surface area contributed by atoms with Crippen molar-refractivity contribution < 1.29 is 19.0 Å². The summed E-state index contributed by atoms with van der Waals surface area (Å²) in [5.74, 6) is -0.275. The summed E-state index contributed by atoms with van der Waals surface area (Å²) in [4.78, 5) is 12.9. The van der Waals surface area contributed by atoms with Crippen LogP contribution >= 0.6 is 0 Å². The zero-order valence-corrected chi connectivity index (χ0v) is 17.6. The van der Waals surface area contributed by atoms with Crippen molar-refractivity contribution in [3.8, 4) is 0 Å². The van der Waals surface area contributed by atoms with Crippen LogP contribution in [0, 0.1) is 5.41 Å². The van der Waals surface area contributed by atoms with E-state index in [2.05, 4.69) is 0 Å². The second kappa shape index (κ2) is 9.49. The third kappa shape index (κ3) is 6.19. The zero-order valence-electron chi connectivity index (χ0n) is 17.6. The fraction of sp³-hybridized carbons (Fsp3) is 0.950. The van der Waals surface area contributed by atoms with Crippen LogP contribution in [0.25, 0.3) is 0 Å². The molecule has 1 fully saturated rings. The van der Waals surface area contributed by atoms with E-state index in [0.717, 1.165) is 32.1 Å². The minimum absolute atomic E-state index is 0.124. The predicted molar refractivity (Wildman–Crippen MR) is 104 cm³/mol. The van der Waals surface area contributed by atoms with Gasteiger partial charge in [-0.1, -0.05) is 25.7 Å². The highest BCUT2D eigenvalue weighted by Gasteiger charge is 2.65. The normalized spacial score (nSPS) is 22.8. The SMILES string of the molecule is CCOC(=O)C(CCCCCCC(C)(C)N)(C1OC1OCC)C(C)(C)N. The van der Waals surface area contributed by atoms with E-state index in [9.17, 15) is 4.79 Å². The predicted octanol–water partition coefficient (Wildman–Crippen LogP) is 3.11. The largest absolute Gasteiger partial charge is 0.465 e. The van der Waals surface area contributed by atoms with Crippen molar-refractivity contribution in [2.45, 2.75) is 104 Å². The molecule has 0 bridgehead atoms. The molecule has 0 spiro atoms. The minimum atomic E-state index is -0.893. The molecule has 0 aromatic rings. The molecular formula is C20H40N2O4. The van der Waals surface area contributed by atoms with Crippen LogP contribution in [0.4, 0.5) is 0 Å². The van der Waals surface area contributed by atoms with Gasteiger partial charge in [0.1, 0.15) is 11.5 Å². The van der Waals surface area contributed by atoms with Crippen LogP contribution in [0.5, 0.6) is 0 Å². The molecule has 0 aromatic heterocycles. The lowest BCUT2D eigenvalue weighted by molar-refractivity contribution is -0.162. The van der Waals surface area contributed by atoms with E-state index >= 15 is 0 Å². The van der Waals surface area contributed by atoms with E-state index in [4.69, 9.17) is 25.7 Å². The molecule has 4 N–H and O–H groups in total. The lowest BCUT2D eigenvalue weighted by Crippen LogP contribution is -2.59. The van der Waals surface area contributed by atoms with Crippen molar-refractivity contribution in [3.05, 3.63) is 0 Å². The molecule has 1 aliphatic heterocycles. The van der Waals surface area contributed by atoms with Crippen LogP contribution in [0.3, 0.4) is 0 Å². The first-order valence-electron chi connectivity index (χ1n) is 10.0. The molecule has 154 valence electrons. The fourth-order valence-electron chi connectivity index (χ4n) is 3.65. The van der Waals surface area contributed by atoms with Crippen molar-refractivity contribution >= 4 is 5.97 Å². The van der Waals surface area contributed by atoms with Crippen LogP contribution in [0.1, 0.15) is 80.1 Å². The van der Waals surface area contributed by atoms with Gasteiger partial charge in [-0.2, -0.15) is 0 Å². The van der Waals surface area contributed by atoms with Gasteiger partial charge in [-0.05, 0) is 54.4 Å². The van der Waals surface area contributed by atoms with Crippen molar-refractivity contribution in [1.29, 1.82) is 0 Å². The van der Waals surface area contributed by atoms with Crippen molar-refractivity contribution in [1.82, 2.24) is 0 Å². The number of hydrogen-bond donors (Lipinski definition) is 2. The summed E-state index contributed by atoms with van der Waals surface area (Å²) >= 11 is 0. The van der Waals surface area contributed by atoms with E-state index in [-0.39, 0.29) is 23.9 Å². The van der Waals surface area contributed by atoms with E-state index < -0.39 is 11.0 Å². The average molecular weight is 373 g/mol. The molecule has 1 aliphatic rings. The Morgan fingerprint density at radius 2 is 1.54 bits per heavy atom. The number of hydrogen-bond acceptors (Lipinski definition) is 6. The molecule has 0 amide bonds. The first kappa shape index (κ1) is 23.3. The van der Waals surface area contributed by atoms with Gasteiger partial charge < -0.3 is 25.7 Å². The second-order valence-corrected chi connectivity index (χ2v) is 8.70. The number of nitrogens with two attached hydrogens (primary N) is 2. The smallest absolute Gasteiger partial charge is 0.316 e. The summed E-state index contributed by atoms with van der Waals surface area (Å²) in [6, 6.07) is 0. The summed E-state index contributed by atoms with van der Waals surface area (Å²) in [6.45, 7) is 12.5. The Morgan fingerprint density at radius 1 is 0.962 bits per heavy atom. The topological polar surface area (TPSA) is 100 Å². The maximum Gasteiger partial charge on any atom is 0.316 e. The number of carbonyl (C=O) groups is 1. The molecule has 6 nitrogen and oxygen atoms in total. The molecule has 0 aliphatic carbocycles. The Balaban J connectivity index is 2.76. The second-order valence-electron chi connectivity index (χ2n) is 8.70. The zero-order chi connectivity index (χ0) is 20.0. The molecule has 6 heteroatoms. The van der Waals surface area contributed by atoms with Gasteiger partial charge >= 0.3 is 5.97 Å². The molecule has 3 unspecified atom stereocenters. The number of epoxide rings is 1. The minimum Gasteiger partial charge on any atom is -0.465 e. The van der Waals surface area contributed by atoms with Gasteiger partial charge in [0, 0.05) is 17.7 Å². The maximum absolute atomic E-state index is 12.9. The van der Waals surface area contributed by atoms with Gasteiger partial charge in [0.15, 0.2) is 6.29 Å². The molecule has 1 saturated heterocycles. The summed E-state index contributed by atoms with van der Waals surface area (Å²) in [5.41, 5.74) is 10.7. The molecule has 0 saturated carbocycles. The summed E-state index contributed by atoms with van der Waals surface area (Å²) in [7, 11) is 0.